The van der Waals surface area contributed by atoms with Gasteiger partial charge in [-0.15, -0.1) is 0 Å². The minimum atomic E-state index is 0.235. The molecule has 0 amide bonds. The van der Waals surface area contributed by atoms with Crippen LogP contribution in [0.15, 0.2) is 12.4 Å². The van der Waals surface area contributed by atoms with Crippen molar-refractivity contribution in [1.29, 1.82) is 0 Å². The van der Waals surface area contributed by atoms with Crippen molar-refractivity contribution < 1.29 is 4.74 Å². The van der Waals surface area contributed by atoms with Crippen molar-refractivity contribution in [1.82, 2.24) is 14.5 Å². The van der Waals surface area contributed by atoms with E-state index in [1.807, 2.05) is 6.20 Å². The van der Waals surface area contributed by atoms with Crippen LogP contribution in [0, 0.1) is 5.92 Å². The van der Waals surface area contributed by atoms with E-state index in [9.17, 15) is 0 Å². The molecular formula is C12H20N4O. The van der Waals surface area contributed by atoms with Crippen LogP contribution >= 0.6 is 0 Å². The highest BCUT2D eigenvalue weighted by Crippen LogP contribution is 2.18. The molecule has 1 fully saturated rings. The van der Waals surface area contributed by atoms with Crippen molar-refractivity contribution in [3.05, 3.63) is 18.2 Å². The fourth-order valence-corrected chi connectivity index (χ4v) is 2.72. The zero-order chi connectivity index (χ0) is 11.7. The second-order valence-electron chi connectivity index (χ2n) is 5.06. The van der Waals surface area contributed by atoms with Crippen molar-refractivity contribution in [3.8, 4) is 0 Å². The van der Waals surface area contributed by atoms with Crippen LogP contribution in [0.3, 0.4) is 0 Å². The SMILES string of the molecule is NC(CN1CCn2ccnc2C1)C1CCOC1. The summed E-state index contributed by atoms with van der Waals surface area (Å²) in [5, 5.41) is 0. The van der Waals surface area contributed by atoms with Crippen LogP contribution in [0.25, 0.3) is 0 Å². The highest BCUT2D eigenvalue weighted by atomic mass is 16.5. The third-order valence-electron chi connectivity index (χ3n) is 3.86. The molecule has 5 heteroatoms. The van der Waals surface area contributed by atoms with Crippen molar-refractivity contribution in [2.45, 2.75) is 25.6 Å². The molecule has 0 radical (unpaired) electrons. The predicted octanol–water partition coefficient (Wildman–Crippen LogP) is 0.0625. The largest absolute Gasteiger partial charge is 0.381 e. The van der Waals surface area contributed by atoms with Gasteiger partial charge in [-0.3, -0.25) is 4.90 Å². The molecule has 0 spiro atoms. The van der Waals surface area contributed by atoms with Gasteiger partial charge >= 0.3 is 0 Å². The first kappa shape index (κ1) is 11.2. The highest BCUT2D eigenvalue weighted by Gasteiger charge is 2.26. The summed E-state index contributed by atoms with van der Waals surface area (Å²) in [4.78, 5) is 6.78. The van der Waals surface area contributed by atoms with Gasteiger partial charge in [0.15, 0.2) is 0 Å². The van der Waals surface area contributed by atoms with E-state index in [-0.39, 0.29) is 6.04 Å². The summed E-state index contributed by atoms with van der Waals surface area (Å²) in [5.74, 6) is 1.70. The van der Waals surface area contributed by atoms with E-state index in [2.05, 4.69) is 20.6 Å². The van der Waals surface area contributed by atoms with Crippen molar-refractivity contribution in [3.63, 3.8) is 0 Å². The number of ether oxygens (including phenoxy) is 1. The lowest BCUT2D eigenvalue weighted by Crippen LogP contribution is -2.45. The Morgan fingerprint density at radius 1 is 1.53 bits per heavy atom. The average molecular weight is 236 g/mol. The number of aromatic nitrogens is 2. The summed E-state index contributed by atoms with van der Waals surface area (Å²) >= 11 is 0. The van der Waals surface area contributed by atoms with Gasteiger partial charge in [0.05, 0.1) is 13.2 Å². The van der Waals surface area contributed by atoms with Crippen LogP contribution in [0.4, 0.5) is 0 Å². The molecule has 2 unspecified atom stereocenters. The Labute approximate surface area is 102 Å². The first-order valence-corrected chi connectivity index (χ1v) is 6.38. The lowest BCUT2D eigenvalue weighted by Gasteiger charge is -2.31. The quantitative estimate of drug-likeness (QED) is 0.806. The van der Waals surface area contributed by atoms with Gasteiger partial charge in [-0.25, -0.2) is 4.98 Å². The summed E-state index contributed by atoms with van der Waals surface area (Å²) in [6.45, 7) is 5.70. The Kier molecular flexibility index (Phi) is 3.13. The fourth-order valence-electron chi connectivity index (χ4n) is 2.72. The Hall–Kier alpha value is -0.910. The molecule has 0 bridgehead atoms. The maximum atomic E-state index is 6.26. The van der Waals surface area contributed by atoms with E-state index in [4.69, 9.17) is 10.5 Å². The Morgan fingerprint density at radius 3 is 3.29 bits per heavy atom. The number of hydrogen-bond donors (Lipinski definition) is 1. The molecule has 2 atom stereocenters. The van der Waals surface area contributed by atoms with E-state index in [1.165, 1.54) is 0 Å². The number of imidazole rings is 1. The number of hydrogen-bond acceptors (Lipinski definition) is 4. The molecule has 3 rings (SSSR count). The van der Waals surface area contributed by atoms with Gasteiger partial charge in [-0.2, -0.15) is 0 Å². The molecule has 1 aromatic rings. The second-order valence-corrected chi connectivity index (χ2v) is 5.06. The van der Waals surface area contributed by atoms with E-state index < -0.39 is 0 Å². The zero-order valence-corrected chi connectivity index (χ0v) is 10.1. The third-order valence-corrected chi connectivity index (χ3v) is 3.86. The average Bonchev–Trinajstić information content (AvgIpc) is 2.99. The van der Waals surface area contributed by atoms with Crippen LogP contribution in [-0.4, -0.2) is 46.8 Å². The maximum Gasteiger partial charge on any atom is 0.122 e. The standard InChI is InChI=1S/C12H20N4O/c13-11(10-1-6-17-9-10)7-15-4-5-16-3-2-14-12(16)8-15/h2-3,10-11H,1,4-9,13H2. The summed E-state index contributed by atoms with van der Waals surface area (Å²) in [7, 11) is 0. The minimum absolute atomic E-state index is 0.235. The minimum Gasteiger partial charge on any atom is -0.381 e. The van der Waals surface area contributed by atoms with Gasteiger partial charge in [0.1, 0.15) is 5.82 Å². The summed E-state index contributed by atoms with van der Waals surface area (Å²) in [5.41, 5.74) is 6.26. The smallest absolute Gasteiger partial charge is 0.122 e. The van der Waals surface area contributed by atoms with E-state index >= 15 is 0 Å². The Balaban J connectivity index is 1.56. The van der Waals surface area contributed by atoms with E-state index in [1.54, 1.807) is 0 Å². The van der Waals surface area contributed by atoms with Crippen molar-refractivity contribution >= 4 is 0 Å². The fraction of sp³-hybridized carbons (Fsp3) is 0.750. The topological polar surface area (TPSA) is 56.3 Å². The summed E-state index contributed by atoms with van der Waals surface area (Å²) in [6.07, 6.45) is 5.05. The summed E-state index contributed by atoms with van der Waals surface area (Å²) < 4.78 is 7.62. The first-order valence-electron chi connectivity index (χ1n) is 6.38. The van der Waals surface area contributed by atoms with Gasteiger partial charge in [0, 0.05) is 50.6 Å². The molecule has 0 aromatic carbocycles. The van der Waals surface area contributed by atoms with Crippen LogP contribution in [-0.2, 0) is 17.8 Å². The predicted molar refractivity (Wildman–Crippen MR) is 64.4 cm³/mol. The number of nitrogens with zero attached hydrogens (tertiary/aromatic N) is 3. The maximum absolute atomic E-state index is 6.26. The normalized spacial score (nSPS) is 27.0. The number of rotatable bonds is 3. The molecule has 2 aliphatic heterocycles. The Morgan fingerprint density at radius 2 is 2.47 bits per heavy atom. The van der Waals surface area contributed by atoms with E-state index in [0.29, 0.717) is 5.92 Å². The molecule has 5 nitrogen and oxygen atoms in total. The Bertz CT molecular complexity index is 372. The molecule has 94 valence electrons. The lowest BCUT2D eigenvalue weighted by atomic mass is 9.99. The van der Waals surface area contributed by atoms with Crippen LogP contribution in [0.1, 0.15) is 12.2 Å². The molecule has 1 aromatic heterocycles. The molecule has 2 aliphatic rings. The molecule has 2 N–H and O–H groups in total. The van der Waals surface area contributed by atoms with Crippen molar-refractivity contribution in [2.24, 2.45) is 11.7 Å². The lowest BCUT2D eigenvalue weighted by molar-refractivity contribution is 0.159. The summed E-state index contributed by atoms with van der Waals surface area (Å²) in [6, 6.07) is 0.235. The molecule has 3 heterocycles. The van der Waals surface area contributed by atoms with Gasteiger partial charge in [-0.1, -0.05) is 0 Å². The monoisotopic (exact) mass is 236 g/mol. The van der Waals surface area contributed by atoms with Gasteiger partial charge < -0.3 is 15.0 Å². The molecule has 0 saturated carbocycles. The molecular weight excluding hydrogens is 216 g/mol. The number of fused-ring (bicyclic) bond motifs is 1. The number of nitrogens with two attached hydrogens (primary N) is 1. The van der Waals surface area contributed by atoms with Crippen molar-refractivity contribution in [2.75, 3.05) is 26.3 Å². The molecule has 1 saturated heterocycles. The zero-order valence-electron chi connectivity index (χ0n) is 10.1. The van der Waals surface area contributed by atoms with E-state index in [0.717, 1.165) is 51.6 Å². The molecule has 0 aliphatic carbocycles. The van der Waals surface area contributed by atoms with Crippen LogP contribution < -0.4 is 5.73 Å². The van der Waals surface area contributed by atoms with Crippen LogP contribution in [0.5, 0.6) is 0 Å². The van der Waals surface area contributed by atoms with Gasteiger partial charge in [0.25, 0.3) is 0 Å². The highest BCUT2D eigenvalue weighted by molar-refractivity contribution is 4.96. The first-order chi connectivity index (χ1) is 8.33. The van der Waals surface area contributed by atoms with Gasteiger partial charge in [-0.05, 0) is 6.42 Å². The van der Waals surface area contributed by atoms with Crippen LogP contribution in [0.2, 0.25) is 0 Å². The van der Waals surface area contributed by atoms with Gasteiger partial charge in [0.2, 0.25) is 0 Å². The molecule has 17 heavy (non-hydrogen) atoms. The second kappa shape index (κ2) is 4.76. The third kappa shape index (κ3) is 2.36.